The SMILES string of the molecule is CCN=C=NCCCN(C)C.Cl.Oc1cccc2n[nH]nc12. The van der Waals surface area contributed by atoms with Crippen LogP contribution in [0.3, 0.4) is 0 Å². The number of nitrogens with zero attached hydrogens (tertiary/aromatic N) is 5. The first-order valence-corrected chi connectivity index (χ1v) is 6.86. The molecule has 0 fully saturated rings. The summed E-state index contributed by atoms with van der Waals surface area (Å²) in [7, 11) is 4.12. The number of aromatic nitrogens is 3. The highest BCUT2D eigenvalue weighted by atomic mass is 35.5. The van der Waals surface area contributed by atoms with Gasteiger partial charge in [0, 0.05) is 6.54 Å². The molecule has 0 atom stereocenters. The molecule has 0 saturated carbocycles. The third-order valence-electron chi connectivity index (χ3n) is 2.50. The largest absolute Gasteiger partial charge is 0.506 e. The topological polar surface area (TPSA) is 89.8 Å². The summed E-state index contributed by atoms with van der Waals surface area (Å²) >= 11 is 0. The number of aliphatic imine (C=N–C) groups is 2. The number of phenols is 1. The molecule has 0 aliphatic carbocycles. The maximum Gasteiger partial charge on any atom is 0.154 e. The molecule has 0 unspecified atom stereocenters. The maximum atomic E-state index is 9.14. The Balaban J connectivity index is 0.000000383. The summed E-state index contributed by atoms with van der Waals surface area (Å²) in [4.78, 5) is 9.99. The molecule has 7 nitrogen and oxygen atoms in total. The lowest BCUT2D eigenvalue weighted by atomic mass is 10.3. The monoisotopic (exact) mass is 326 g/mol. The fourth-order valence-electron chi connectivity index (χ4n) is 1.49. The van der Waals surface area contributed by atoms with E-state index in [4.69, 9.17) is 5.11 Å². The minimum absolute atomic E-state index is 0. The molecule has 0 saturated heterocycles. The Labute approximate surface area is 136 Å². The standard InChI is InChI=1S/C8H17N3.C6H5N3O.ClH/c1-4-9-8-10-6-5-7-11(2)3;10-5-3-1-2-4-6(5)8-9-7-4;/h4-7H2,1-3H3;1-3,10H,(H,7,8,9);1H. The van der Waals surface area contributed by atoms with Crippen LogP contribution in [0.1, 0.15) is 13.3 Å². The Morgan fingerprint density at radius 3 is 2.68 bits per heavy atom. The first-order valence-electron chi connectivity index (χ1n) is 6.86. The number of benzene rings is 1. The lowest BCUT2D eigenvalue weighted by molar-refractivity contribution is 0.403. The predicted octanol–water partition coefficient (Wildman–Crippen LogP) is 2.22. The first kappa shape index (κ1) is 20.1. The summed E-state index contributed by atoms with van der Waals surface area (Å²) in [5.74, 6) is 0.159. The van der Waals surface area contributed by atoms with Crippen molar-refractivity contribution in [1.82, 2.24) is 20.3 Å². The molecule has 1 aromatic heterocycles. The van der Waals surface area contributed by atoms with Crippen molar-refractivity contribution >= 4 is 29.4 Å². The maximum absolute atomic E-state index is 9.14. The fraction of sp³-hybridized carbons (Fsp3) is 0.500. The Hall–Kier alpha value is -1.95. The van der Waals surface area contributed by atoms with E-state index in [0.29, 0.717) is 11.0 Å². The van der Waals surface area contributed by atoms with E-state index in [-0.39, 0.29) is 18.2 Å². The van der Waals surface area contributed by atoms with E-state index in [1.807, 2.05) is 6.92 Å². The summed E-state index contributed by atoms with van der Waals surface area (Å²) in [6, 6.07) is 7.71. The van der Waals surface area contributed by atoms with Crippen molar-refractivity contribution < 1.29 is 5.11 Å². The molecule has 22 heavy (non-hydrogen) atoms. The highest BCUT2D eigenvalue weighted by Gasteiger charge is 2.00. The van der Waals surface area contributed by atoms with Gasteiger partial charge in [0.05, 0.1) is 12.6 Å². The Bertz CT molecular complexity index is 592. The highest BCUT2D eigenvalue weighted by molar-refractivity contribution is 5.85. The van der Waals surface area contributed by atoms with Gasteiger partial charge in [0.15, 0.2) is 5.52 Å². The number of nitrogens with one attached hydrogen (secondary N) is 1. The van der Waals surface area contributed by atoms with Crippen molar-refractivity contribution in [3.8, 4) is 5.75 Å². The molecule has 0 radical (unpaired) electrons. The first-order chi connectivity index (χ1) is 10.1. The molecule has 0 bridgehead atoms. The third-order valence-corrected chi connectivity index (χ3v) is 2.50. The van der Waals surface area contributed by atoms with Gasteiger partial charge in [0.2, 0.25) is 0 Å². The molecule has 0 spiro atoms. The summed E-state index contributed by atoms with van der Waals surface area (Å²) in [5, 5.41) is 19.1. The molecule has 0 amide bonds. The van der Waals surface area contributed by atoms with Gasteiger partial charge in [-0.1, -0.05) is 6.07 Å². The Morgan fingerprint density at radius 2 is 2.05 bits per heavy atom. The highest BCUT2D eigenvalue weighted by Crippen LogP contribution is 2.18. The van der Waals surface area contributed by atoms with Gasteiger partial charge in [-0.05, 0) is 46.1 Å². The van der Waals surface area contributed by atoms with E-state index in [0.717, 1.165) is 26.1 Å². The number of H-pyrrole nitrogens is 1. The number of para-hydroxylation sites is 1. The van der Waals surface area contributed by atoms with Gasteiger partial charge in [0.1, 0.15) is 11.3 Å². The summed E-state index contributed by atoms with van der Waals surface area (Å²) in [6.07, 6.45) is 1.08. The van der Waals surface area contributed by atoms with E-state index >= 15 is 0 Å². The van der Waals surface area contributed by atoms with Crippen LogP contribution < -0.4 is 0 Å². The van der Waals surface area contributed by atoms with Gasteiger partial charge < -0.3 is 10.0 Å². The molecule has 2 aromatic rings. The smallest absolute Gasteiger partial charge is 0.154 e. The van der Waals surface area contributed by atoms with E-state index in [1.54, 1.807) is 18.2 Å². The van der Waals surface area contributed by atoms with Gasteiger partial charge >= 0.3 is 0 Å². The Kier molecular flexibility index (Phi) is 10.6. The molecule has 122 valence electrons. The normalized spacial score (nSPS) is 9.45. The van der Waals surface area contributed by atoms with Gasteiger partial charge in [-0.3, -0.25) is 0 Å². The van der Waals surface area contributed by atoms with Crippen molar-refractivity contribution in [2.45, 2.75) is 13.3 Å². The molecule has 1 aromatic carbocycles. The molecule has 2 rings (SSSR count). The number of halogens is 1. The number of hydrogen-bond donors (Lipinski definition) is 2. The van der Waals surface area contributed by atoms with E-state index in [1.165, 1.54) is 0 Å². The van der Waals surface area contributed by atoms with E-state index < -0.39 is 0 Å². The summed E-state index contributed by atoms with van der Waals surface area (Å²) in [5.41, 5.74) is 1.20. The van der Waals surface area contributed by atoms with Gasteiger partial charge in [-0.2, -0.15) is 15.4 Å². The van der Waals surface area contributed by atoms with Crippen LogP contribution >= 0.6 is 12.4 Å². The quantitative estimate of drug-likeness (QED) is 0.651. The zero-order valence-electron chi connectivity index (χ0n) is 13.2. The van der Waals surface area contributed by atoms with Crippen molar-refractivity contribution in [3.05, 3.63) is 18.2 Å². The van der Waals surface area contributed by atoms with Crippen LogP contribution in [0.25, 0.3) is 11.0 Å². The zero-order chi connectivity index (χ0) is 15.5. The lowest BCUT2D eigenvalue weighted by Gasteiger charge is -2.05. The van der Waals surface area contributed by atoms with Crippen LogP contribution in [-0.4, -0.2) is 65.2 Å². The van der Waals surface area contributed by atoms with Crippen molar-refractivity contribution in [1.29, 1.82) is 0 Å². The van der Waals surface area contributed by atoms with Crippen LogP contribution in [0.5, 0.6) is 5.75 Å². The fourth-order valence-corrected chi connectivity index (χ4v) is 1.49. The molecular formula is C14H23ClN6O. The zero-order valence-corrected chi connectivity index (χ0v) is 14.0. The minimum atomic E-state index is 0. The second-order valence-corrected chi connectivity index (χ2v) is 4.58. The van der Waals surface area contributed by atoms with Gasteiger partial charge in [0.25, 0.3) is 0 Å². The number of rotatable bonds is 5. The van der Waals surface area contributed by atoms with Crippen LogP contribution in [0.4, 0.5) is 0 Å². The minimum Gasteiger partial charge on any atom is -0.506 e. The number of hydrogen-bond acceptors (Lipinski definition) is 6. The molecular weight excluding hydrogens is 304 g/mol. The van der Waals surface area contributed by atoms with Gasteiger partial charge in [-0.25, -0.2) is 9.98 Å². The average Bonchev–Trinajstić information content (AvgIpc) is 2.93. The molecule has 8 heteroatoms. The second kappa shape index (κ2) is 11.7. The average molecular weight is 327 g/mol. The Morgan fingerprint density at radius 1 is 1.27 bits per heavy atom. The number of phenolic OH excluding ortho intramolecular Hbond substituents is 1. The van der Waals surface area contributed by atoms with Crippen LogP contribution in [-0.2, 0) is 0 Å². The third kappa shape index (κ3) is 7.73. The van der Waals surface area contributed by atoms with Crippen LogP contribution in [0.2, 0.25) is 0 Å². The van der Waals surface area contributed by atoms with Crippen LogP contribution in [0.15, 0.2) is 28.2 Å². The molecule has 1 heterocycles. The number of fused-ring (bicyclic) bond motifs is 1. The molecule has 0 aliphatic heterocycles. The van der Waals surface area contributed by atoms with Crippen molar-refractivity contribution in [2.75, 3.05) is 33.7 Å². The number of aromatic amines is 1. The van der Waals surface area contributed by atoms with Crippen LogP contribution in [0, 0.1) is 0 Å². The van der Waals surface area contributed by atoms with E-state index in [2.05, 4.69) is 50.4 Å². The second-order valence-electron chi connectivity index (χ2n) is 4.58. The van der Waals surface area contributed by atoms with E-state index in [9.17, 15) is 0 Å². The molecule has 2 N–H and O–H groups in total. The predicted molar refractivity (Wildman–Crippen MR) is 91.2 cm³/mol. The van der Waals surface area contributed by atoms with Crippen molar-refractivity contribution in [2.24, 2.45) is 9.98 Å². The summed E-state index contributed by atoms with van der Waals surface area (Å²) < 4.78 is 0. The summed E-state index contributed by atoms with van der Waals surface area (Å²) in [6.45, 7) is 4.67. The molecule has 0 aliphatic rings. The van der Waals surface area contributed by atoms with Gasteiger partial charge in [-0.15, -0.1) is 12.4 Å². The number of aromatic hydroxyl groups is 1. The van der Waals surface area contributed by atoms with Crippen molar-refractivity contribution in [3.63, 3.8) is 0 Å². The lowest BCUT2D eigenvalue weighted by Crippen LogP contribution is -2.13.